The van der Waals surface area contributed by atoms with Gasteiger partial charge in [0.1, 0.15) is 0 Å². The first kappa shape index (κ1) is 15.4. The van der Waals surface area contributed by atoms with Gasteiger partial charge in [-0.1, -0.05) is 6.92 Å². The molecule has 5 heteroatoms. The Morgan fingerprint density at radius 3 is 2.52 bits per heavy atom. The molecule has 0 saturated heterocycles. The highest BCUT2D eigenvalue weighted by Crippen LogP contribution is 2.28. The minimum atomic E-state index is 0.531. The summed E-state index contributed by atoms with van der Waals surface area (Å²) in [5, 5.41) is 13.0. The van der Waals surface area contributed by atoms with E-state index in [-0.39, 0.29) is 0 Å². The van der Waals surface area contributed by atoms with Gasteiger partial charge in [0.15, 0.2) is 0 Å². The van der Waals surface area contributed by atoms with Crippen molar-refractivity contribution in [3.05, 3.63) is 54.2 Å². The van der Waals surface area contributed by atoms with Crippen molar-refractivity contribution < 1.29 is 4.42 Å². The van der Waals surface area contributed by atoms with Crippen molar-refractivity contribution in [3.8, 4) is 22.9 Å². The second-order valence-electron chi connectivity index (χ2n) is 6.15. The predicted octanol–water partition coefficient (Wildman–Crippen LogP) is 5.02. The highest BCUT2D eigenvalue weighted by molar-refractivity contribution is 5.83. The second-order valence-corrected chi connectivity index (χ2v) is 6.15. The van der Waals surface area contributed by atoms with E-state index in [9.17, 15) is 0 Å². The fraction of sp³-hybridized carbons (Fsp3) is 0.200. The van der Waals surface area contributed by atoms with Crippen LogP contribution in [0.1, 0.15) is 18.9 Å². The molecule has 0 amide bonds. The number of hydrogen-bond acceptors (Lipinski definition) is 4. The first-order chi connectivity index (χ1) is 12.2. The Labute approximate surface area is 146 Å². The lowest BCUT2D eigenvalue weighted by atomic mass is 10.1. The molecule has 4 rings (SSSR count). The van der Waals surface area contributed by atoms with E-state index >= 15 is 0 Å². The van der Waals surface area contributed by atoms with E-state index < -0.39 is 0 Å². The van der Waals surface area contributed by atoms with Crippen LogP contribution in [0, 0.1) is 6.92 Å². The summed E-state index contributed by atoms with van der Waals surface area (Å²) in [6.45, 7) is 5.20. The van der Waals surface area contributed by atoms with E-state index in [4.69, 9.17) is 4.42 Å². The average Bonchev–Trinajstić information content (AvgIpc) is 3.29. The SMILES string of the molecule is CCCNc1ccc(-c2nnc(-c3ccc4[nH]ccc4c3)o2)cc1C. The van der Waals surface area contributed by atoms with Gasteiger partial charge in [-0.25, -0.2) is 0 Å². The molecule has 0 fully saturated rings. The van der Waals surface area contributed by atoms with Gasteiger partial charge in [0.2, 0.25) is 11.8 Å². The molecule has 0 unspecified atom stereocenters. The first-order valence-electron chi connectivity index (χ1n) is 8.50. The lowest BCUT2D eigenvalue weighted by Crippen LogP contribution is -2.01. The third-order valence-electron chi connectivity index (χ3n) is 4.26. The number of hydrogen-bond donors (Lipinski definition) is 2. The fourth-order valence-corrected chi connectivity index (χ4v) is 2.90. The highest BCUT2D eigenvalue weighted by Gasteiger charge is 2.12. The molecule has 2 heterocycles. The molecule has 0 bridgehead atoms. The van der Waals surface area contributed by atoms with Crippen LogP contribution in [-0.4, -0.2) is 21.7 Å². The normalized spacial score (nSPS) is 11.1. The van der Waals surface area contributed by atoms with E-state index in [2.05, 4.69) is 46.5 Å². The van der Waals surface area contributed by atoms with Gasteiger partial charge in [0.05, 0.1) is 0 Å². The van der Waals surface area contributed by atoms with Gasteiger partial charge in [-0.2, -0.15) is 0 Å². The minimum absolute atomic E-state index is 0.531. The Kier molecular flexibility index (Phi) is 3.98. The van der Waals surface area contributed by atoms with Crippen molar-refractivity contribution in [3.63, 3.8) is 0 Å². The molecule has 0 radical (unpaired) electrons. The molecule has 25 heavy (non-hydrogen) atoms. The van der Waals surface area contributed by atoms with Crippen LogP contribution in [0.5, 0.6) is 0 Å². The Balaban J connectivity index is 1.63. The van der Waals surface area contributed by atoms with E-state index in [1.165, 1.54) is 5.56 Å². The lowest BCUT2D eigenvalue weighted by molar-refractivity contribution is 0.584. The van der Waals surface area contributed by atoms with Crippen molar-refractivity contribution in [2.24, 2.45) is 0 Å². The molecular weight excluding hydrogens is 312 g/mol. The molecule has 0 aliphatic rings. The summed E-state index contributed by atoms with van der Waals surface area (Å²) in [6, 6.07) is 14.2. The number of nitrogens with one attached hydrogen (secondary N) is 2. The van der Waals surface area contributed by atoms with Crippen molar-refractivity contribution in [2.75, 3.05) is 11.9 Å². The van der Waals surface area contributed by atoms with Crippen LogP contribution >= 0.6 is 0 Å². The molecule has 0 spiro atoms. The van der Waals surface area contributed by atoms with Crippen LogP contribution in [0.4, 0.5) is 5.69 Å². The molecule has 0 aliphatic carbocycles. The standard InChI is InChI=1S/C20H20N4O/c1-3-9-21-17-6-4-15(11-13(17)2)19-23-24-20(25-19)16-5-7-18-14(12-16)8-10-22-18/h4-8,10-12,21-22H,3,9H2,1-2H3. The molecular formula is C20H20N4O. The zero-order valence-electron chi connectivity index (χ0n) is 14.3. The Bertz CT molecular complexity index is 1020. The maximum absolute atomic E-state index is 5.90. The third kappa shape index (κ3) is 3.01. The summed E-state index contributed by atoms with van der Waals surface area (Å²) in [6.07, 6.45) is 3.02. The quantitative estimate of drug-likeness (QED) is 0.539. The molecule has 0 saturated carbocycles. The summed E-state index contributed by atoms with van der Waals surface area (Å²) in [7, 11) is 0. The fourth-order valence-electron chi connectivity index (χ4n) is 2.90. The molecule has 0 atom stereocenters. The zero-order chi connectivity index (χ0) is 17.2. The van der Waals surface area contributed by atoms with Crippen LogP contribution in [-0.2, 0) is 0 Å². The Morgan fingerprint density at radius 2 is 1.76 bits per heavy atom. The lowest BCUT2D eigenvalue weighted by Gasteiger charge is -2.08. The van der Waals surface area contributed by atoms with Gasteiger partial charge in [-0.05, 0) is 61.4 Å². The van der Waals surface area contributed by atoms with Crippen LogP contribution in [0.15, 0.2) is 53.1 Å². The van der Waals surface area contributed by atoms with Crippen molar-refractivity contribution in [1.82, 2.24) is 15.2 Å². The first-order valence-corrected chi connectivity index (χ1v) is 8.50. The number of benzene rings is 2. The van der Waals surface area contributed by atoms with Crippen LogP contribution in [0.2, 0.25) is 0 Å². The van der Waals surface area contributed by atoms with Crippen molar-refractivity contribution >= 4 is 16.6 Å². The number of H-pyrrole nitrogens is 1. The van der Waals surface area contributed by atoms with Crippen molar-refractivity contribution in [1.29, 1.82) is 0 Å². The number of fused-ring (bicyclic) bond motifs is 1. The maximum atomic E-state index is 5.90. The number of nitrogens with zero attached hydrogens (tertiary/aromatic N) is 2. The molecule has 4 aromatic rings. The molecule has 126 valence electrons. The Hall–Kier alpha value is -3.08. The molecule has 2 aromatic carbocycles. The summed E-state index contributed by atoms with van der Waals surface area (Å²) in [4.78, 5) is 3.18. The predicted molar refractivity (Wildman–Crippen MR) is 101 cm³/mol. The smallest absolute Gasteiger partial charge is 0.248 e. The Morgan fingerprint density at radius 1 is 1.00 bits per heavy atom. The van der Waals surface area contributed by atoms with Gasteiger partial charge >= 0.3 is 0 Å². The van der Waals surface area contributed by atoms with Crippen LogP contribution in [0.25, 0.3) is 33.8 Å². The van der Waals surface area contributed by atoms with Crippen LogP contribution < -0.4 is 5.32 Å². The monoisotopic (exact) mass is 332 g/mol. The number of aryl methyl sites for hydroxylation is 1. The summed E-state index contributed by atoms with van der Waals surface area (Å²) < 4.78 is 5.90. The van der Waals surface area contributed by atoms with Crippen molar-refractivity contribution in [2.45, 2.75) is 20.3 Å². The summed E-state index contributed by atoms with van der Waals surface area (Å²) >= 11 is 0. The minimum Gasteiger partial charge on any atom is -0.416 e. The van der Waals surface area contributed by atoms with E-state index in [1.807, 2.05) is 36.5 Å². The highest BCUT2D eigenvalue weighted by atomic mass is 16.4. The number of anilines is 1. The van der Waals surface area contributed by atoms with Gasteiger partial charge < -0.3 is 14.7 Å². The second kappa shape index (κ2) is 6.43. The zero-order valence-corrected chi connectivity index (χ0v) is 14.3. The van der Waals surface area contributed by atoms with E-state index in [1.54, 1.807) is 0 Å². The average molecular weight is 332 g/mol. The van der Waals surface area contributed by atoms with Gasteiger partial charge in [0, 0.05) is 40.5 Å². The number of aromatic nitrogens is 3. The molecule has 5 nitrogen and oxygen atoms in total. The maximum Gasteiger partial charge on any atom is 0.248 e. The summed E-state index contributed by atoms with van der Waals surface area (Å²) in [5.41, 5.74) is 5.25. The van der Waals surface area contributed by atoms with E-state index in [0.29, 0.717) is 11.8 Å². The largest absolute Gasteiger partial charge is 0.416 e. The topological polar surface area (TPSA) is 66.7 Å². The molecule has 2 aromatic heterocycles. The molecule has 0 aliphatic heterocycles. The number of aromatic amines is 1. The van der Waals surface area contributed by atoms with Gasteiger partial charge in [-0.3, -0.25) is 0 Å². The number of rotatable bonds is 5. The molecule has 2 N–H and O–H groups in total. The van der Waals surface area contributed by atoms with Gasteiger partial charge in [-0.15, -0.1) is 10.2 Å². The van der Waals surface area contributed by atoms with Gasteiger partial charge in [0.25, 0.3) is 0 Å². The van der Waals surface area contributed by atoms with E-state index in [0.717, 1.165) is 40.7 Å². The summed E-state index contributed by atoms with van der Waals surface area (Å²) in [5.74, 6) is 1.07. The third-order valence-corrected chi connectivity index (χ3v) is 4.26. The van der Waals surface area contributed by atoms with Crippen LogP contribution in [0.3, 0.4) is 0 Å².